The quantitative estimate of drug-likeness (QED) is 0.748. The second-order valence-electron chi connectivity index (χ2n) is 7.34. The van der Waals surface area contributed by atoms with Crippen LogP contribution in [0.2, 0.25) is 0 Å². The van der Waals surface area contributed by atoms with E-state index < -0.39 is 5.60 Å². The molecule has 1 aliphatic heterocycles. The lowest BCUT2D eigenvalue weighted by atomic mass is 10.1. The molecule has 0 radical (unpaired) electrons. The van der Waals surface area contributed by atoms with Gasteiger partial charge in [0.25, 0.3) is 0 Å². The first-order chi connectivity index (χ1) is 10.7. The molecule has 0 bridgehead atoms. The summed E-state index contributed by atoms with van der Waals surface area (Å²) in [5.74, 6) is 0. The topological polar surface area (TPSA) is 71.0 Å². The van der Waals surface area contributed by atoms with Crippen molar-refractivity contribution in [3.8, 4) is 0 Å². The Labute approximate surface area is 140 Å². The van der Waals surface area contributed by atoms with Crippen LogP contribution in [0.1, 0.15) is 53.9 Å². The van der Waals surface area contributed by atoms with E-state index in [2.05, 4.69) is 12.2 Å². The SMILES string of the molecule is CCC(O)CCNC(C)CC1COCCN1C(=O)OC(C)(C)C. The Morgan fingerprint density at radius 2 is 2.17 bits per heavy atom. The molecule has 1 amide bonds. The van der Waals surface area contributed by atoms with E-state index in [1.54, 1.807) is 4.90 Å². The third-order valence-electron chi connectivity index (χ3n) is 3.92. The number of ether oxygens (including phenoxy) is 2. The number of aliphatic hydroxyl groups excluding tert-OH is 1. The molecule has 0 saturated carbocycles. The van der Waals surface area contributed by atoms with E-state index in [0.717, 1.165) is 25.8 Å². The van der Waals surface area contributed by atoms with Gasteiger partial charge in [-0.15, -0.1) is 0 Å². The summed E-state index contributed by atoms with van der Waals surface area (Å²) in [5, 5.41) is 13.0. The highest BCUT2D eigenvalue weighted by Crippen LogP contribution is 2.17. The second kappa shape index (κ2) is 9.45. The van der Waals surface area contributed by atoms with Crippen LogP contribution >= 0.6 is 0 Å². The molecule has 1 saturated heterocycles. The number of carbonyl (C=O) groups is 1. The molecule has 6 heteroatoms. The van der Waals surface area contributed by atoms with Crippen molar-refractivity contribution >= 4 is 6.09 Å². The van der Waals surface area contributed by atoms with Crippen LogP contribution < -0.4 is 5.32 Å². The Bertz CT molecular complexity index is 357. The summed E-state index contributed by atoms with van der Waals surface area (Å²) in [4.78, 5) is 14.1. The zero-order chi connectivity index (χ0) is 17.5. The maximum Gasteiger partial charge on any atom is 0.410 e. The maximum absolute atomic E-state index is 12.3. The van der Waals surface area contributed by atoms with Gasteiger partial charge in [-0.2, -0.15) is 0 Å². The highest BCUT2D eigenvalue weighted by molar-refractivity contribution is 5.68. The van der Waals surface area contributed by atoms with Crippen molar-refractivity contribution in [1.82, 2.24) is 10.2 Å². The fourth-order valence-corrected chi connectivity index (χ4v) is 2.60. The third-order valence-corrected chi connectivity index (χ3v) is 3.92. The monoisotopic (exact) mass is 330 g/mol. The zero-order valence-corrected chi connectivity index (χ0v) is 15.3. The summed E-state index contributed by atoms with van der Waals surface area (Å²) in [6, 6.07) is 0.271. The number of amides is 1. The minimum atomic E-state index is -0.486. The smallest absolute Gasteiger partial charge is 0.410 e. The molecule has 6 nitrogen and oxygen atoms in total. The van der Waals surface area contributed by atoms with Crippen LogP contribution in [0, 0.1) is 0 Å². The predicted molar refractivity (Wildman–Crippen MR) is 90.5 cm³/mol. The van der Waals surface area contributed by atoms with Crippen molar-refractivity contribution in [1.29, 1.82) is 0 Å². The Balaban J connectivity index is 2.46. The van der Waals surface area contributed by atoms with Gasteiger partial charge in [0, 0.05) is 12.6 Å². The minimum absolute atomic E-state index is 0.0252. The standard InChI is InChI=1S/C17H34N2O4/c1-6-15(20)7-8-18-13(2)11-14-12-22-10-9-19(14)16(21)23-17(3,4)5/h13-15,18,20H,6-12H2,1-5H3. The van der Waals surface area contributed by atoms with Crippen molar-refractivity contribution in [2.75, 3.05) is 26.3 Å². The van der Waals surface area contributed by atoms with Gasteiger partial charge in [-0.3, -0.25) is 0 Å². The van der Waals surface area contributed by atoms with Crippen LogP contribution in [-0.2, 0) is 9.47 Å². The molecular weight excluding hydrogens is 296 g/mol. The van der Waals surface area contributed by atoms with Gasteiger partial charge in [0.1, 0.15) is 5.60 Å². The molecule has 23 heavy (non-hydrogen) atoms. The fraction of sp³-hybridized carbons (Fsp3) is 0.941. The Kier molecular flexibility index (Phi) is 8.29. The molecule has 0 spiro atoms. The van der Waals surface area contributed by atoms with E-state index in [1.807, 2.05) is 27.7 Å². The lowest BCUT2D eigenvalue weighted by Gasteiger charge is -2.37. The van der Waals surface area contributed by atoms with Crippen molar-refractivity contribution < 1.29 is 19.4 Å². The summed E-state index contributed by atoms with van der Waals surface area (Å²) in [5.41, 5.74) is -0.486. The molecule has 1 aliphatic rings. The van der Waals surface area contributed by atoms with Gasteiger partial charge in [0.05, 0.1) is 25.4 Å². The first-order valence-corrected chi connectivity index (χ1v) is 8.71. The van der Waals surface area contributed by atoms with Gasteiger partial charge >= 0.3 is 6.09 Å². The summed E-state index contributed by atoms with van der Waals surface area (Å²) >= 11 is 0. The number of morpholine rings is 1. The number of aliphatic hydroxyl groups is 1. The minimum Gasteiger partial charge on any atom is -0.444 e. The van der Waals surface area contributed by atoms with Crippen LogP contribution in [0.25, 0.3) is 0 Å². The highest BCUT2D eigenvalue weighted by atomic mass is 16.6. The summed E-state index contributed by atoms with van der Waals surface area (Å²) in [7, 11) is 0. The summed E-state index contributed by atoms with van der Waals surface area (Å²) in [6.45, 7) is 12.2. The number of rotatable bonds is 7. The predicted octanol–water partition coefficient (Wildman–Crippen LogP) is 2.15. The third kappa shape index (κ3) is 7.99. The van der Waals surface area contributed by atoms with E-state index in [4.69, 9.17) is 9.47 Å². The van der Waals surface area contributed by atoms with Gasteiger partial charge in [0.15, 0.2) is 0 Å². The van der Waals surface area contributed by atoms with E-state index >= 15 is 0 Å². The lowest BCUT2D eigenvalue weighted by Crippen LogP contribution is -2.52. The Morgan fingerprint density at radius 3 is 2.78 bits per heavy atom. The average Bonchev–Trinajstić information content (AvgIpc) is 2.45. The number of hydrogen-bond acceptors (Lipinski definition) is 5. The molecule has 0 aromatic rings. The summed E-state index contributed by atoms with van der Waals surface area (Å²) in [6.07, 6.45) is 1.82. The van der Waals surface area contributed by atoms with Gasteiger partial charge in [-0.05, 0) is 53.5 Å². The lowest BCUT2D eigenvalue weighted by molar-refractivity contribution is -0.0355. The van der Waals surface area contributed by atoms with E-state index in [9.17, 15) is 9.90 Å². The Morgan fingerprint density at radius 1 is 1.48 bits per heavy atom. The Hall–Kier alpha value is -0.850. The second-order valence-corrected chi connectivity index (χ2v) is 7.34. The average molecular weight is 330 g/mol. The molecule has 0 aromatic carbocycles. The van der Waals surface area contributed by atoms with Crippen molar-refractivity contribution in [3.05, 3.63) is 0 Å². The number of nitrogens with zero attached hydrogens (tertiary/aromatic N) is 1. The molecular formula is C17H34N2O4. The largest absolute Gasteiger partial charge is 0.444 e. The van der Waals surface area contributed by atoms with Crippen molar-refractivity contribution in [3.63, 3.8) is 0 Å². The first-order valence-electron chi connectivity index (χ1n) is 8.71. The van der Waals surface area contributed by atoms with Gasteiger partial charge in [0.2, 0.25) is 0 Å². The molecule has 1 rings (SSSR count). The molecule has 0 aromatic heterocycles. The molecule has 3 atom stereocenters. The molecule has 1 heterocycles. The van der Waals surface area contributed by atoms with Gasteiger partial charge in [-0.1, -0.05) is 6.92 Å². The van der Waals surface area contributed by atoms with E-state index in [-0.39, 0.29) is 24.3 Å². The summed E-state index contributed by atoms with van der Waals surface area (Å²) < 4.78 is 11.0. The zero-order valence-electron chi connectivity index (χ0n) is 15.3. The number of carbonyl (C=O) groups excluding carboxylic acids is 1. The molecule has 1 fully saturated rings. The van der Waals surface area contributed by atoms with Crippen LogP contribution in [0.4, 0.5) is 4.79 Å². The van der Waals surface area contributed by atoms with E-state index in [1.165, 1.54) is 0 Å². The highest BCUT2D eigenvalue weighted by Gasteiger charge is 2.31. The van der Waals surface area contributed by atoms with Crippen LogP contribution in [-0.4, -0.2) is 66.2 Å². The maximum atomic E-state index is 12.3. The molecule has 136 valence electrons. The van der Waals surface area contributed by atoms with Crippen LogP contribution in [0.15, 0.2) is 0 Å². The van der Waals surface area contributed by atoms with Gasteiger partial charge < -0.3 is 24.8 Å². The normalized spacial score (nSPS) is 21.8. The van der Waals surface area contributed by atoms with Gasteiger partial charge in [-0.25, -0.2) is 4.79 Å². The van der Waals surface area contributed by atoms with Crippen molar-refractivity contribution in [2.45, 2.75) is 77.7 Å². The first kappa shape index (κ1) is 20.2. The molecule has 3 unspecified atom stereocenters. The number of nitrogens with one attached hydrogen (secondary N) is 1. The van der Waals surface area contributed by atoms with E-state index in [0.29, 0.717) is 19.8 Å². The van der Waals surface area contributed by atoms with Crippen LogP contribution in [0.5, 0.6) is 0 Å². The fourth-order valence-electron chi connectivity index (χ4n) is 2.60. The van der Waals surface area contributed by atoms with Crippen LogP contribution in [0.3, 0.4) is 0 Å². The molecule has 0 aliphatic carbocycles. The van der Waals surface area contributed by atoms with Crippen molar-refractivity contribution in [2.24, 2.45) is 0 Å². The molecule has 2 N–H and O–H groups in total. The number of hydrogen-bond donors (Lipinski definition) is 2.